The molecule has 0 aliphatic heterocycles. The Bertz CT molecular complexity index is 1120. The second-order valence-electron chi connectivity index (χ2n) is 5.77. The fourth-order valence-electron chi connectivity index (χ4n) is 2.58. The highest BCUT2D eigenvalue weighted by atomic mass is 16.5. The van der Waals surface area contributed by atoms with Gasteiger partial charge < -0.3 is 9.72 Å². The third-order valence-electron chi connectivity index (χ3n) is 3.92. The molecule has 0 atom stereocenters. The molecule has 0 aliphatic carbocycles. The molecular formula is C20H16N6O2. The molecule has 0 saturated heterocycles. The molecule has 138 valence electrons. The second kappa shape index (κ2) is 8.45. The molecule has 0 unspecified atom stereocenters. The first kappa shape index (κ1) is 18.6. The van der Waals surface area contributed by atoms with E-state index in [9.17, 15) is 4.79 Å². The highest BCUT2D eigenvalue weighted by molar-refractivity contribution is 6.03. The van der Waals surface area contributed by atoms with Crippen LogP contribution in [0.2, 0.25) is 0 Å². The lowest BCUT2D eigenvalue weighted by Gasteiger charge is -2.09. The maximum Gasteiger partial charge on any atom is 0.275 e. The number of hydrogen-bond donors (Lipinski definition) is 2. The molecule has 0 bridgehead atoms. The van der Waals surface area contributed by atoms with Crippen LogP contribution in [0.1, 0.15) is 23.0 Å². The first-order valence-electron chi connectivity index (χ1n) is 8.30. The fraction of sp³-hybridized carbons (Fsp3) is 0.100. The average Bonchev–Trinajstić information content (AvgIpc) is 3.15. The van der Waals surface area contributed by atoms with Crippen LogP contribution >= 0.6 is 0 Å². The molecule has 0 saturated carbocycles. The summed E-state index contributed by atoms with van der Waals surface area (Å²) >= 11 is 0. The summed E-state index contributed by atoms with van der Waals surface area (Å²) in [7, 11) is 0. The Labute approximate surface area is 160 Å². The van der Waals surface area contributed by atoms with E-state index in [1.165, 1.54) is 18.2 Å². The van der Waals surface area contributed by atoms with Crippen molar-refractivity contribution in [3.63, 3.8) is 0 Å². The quantitative estimate of drug-likeness (QED) is 0.168. The maximum absolute atomic E-state index is 12.6. The van der Waals surface area contributed by atoms with Gasteiger partial charge in [-0.05, 0) is 42.8 Å². The lowest BCUT2D eigenvalue weighted by molar-refractivity contribution is 0.0951. The number of aromatic nitrogens is 1. The molecule has 0 radical (unpaired) electrons. The van der Waals surface area contributed by atoms with Crippen molar-refractivity contribution in [3.05, 3.63) is 70.2 Å². The van der Waals surface area contributed by atoms with E-state index in [-0.39, 0.29) is 23.6 Å². The Balaban J connectivity index is 1.84. The number of aromatic amines is 1. The molecule has 2 N–H and O–H groups in total. The summed E-state index contributed by atoms with van der Waals surface area (Å²) in [4.78, 5) is 18.6. The normalized spacial score (nSPS) is 10.8. The molecule has 3 rings (SSSR count). The third-order valence-corrected chi connectivity index (χ3v) is 3.92. The van der Waals surface area contributed by atoms with Gasteiger partial charge in [0.05, 0.1) is 17.0 Å². The van der Waals surface area contributed by atoms with Crippen molar-refractivity contribution in [2.45, 2.75) is 6.92 Å². The number of amides is 1. The molecule has 1 aromatic heterocycles. The van der Waals surface area contributed by atoms with Crippen molar-refractivity contribution in [2.75, 3.05) is 6.61 Å². The van der Waals surface area contributed by atoms with Crippen molar-refractivity contribution >= 4 is 28.2 Å². The van der Waals surface area contributed by atoms with Crippen molar-refractivity contribution < 1.29 is 9.53 Å². The van der Waals surface area contributed by atoms with Crippen molar-refractivity contribution in [3.8, 4) is 18.1 Å². The maximum atomic E-state index is 12.6. The largest absolute Gasteiger partial charge is 0.480 e. The van der Waals surface area contributed by atoms with Crippen LogP contribution < -0.4 is 10.2 Å². The summed E-state index contributed by atoms with van der Waals surface area (Å²) in [5.74, 6) is 2.09. The molecule has 0 aliphatic rings. The average molecular weight is 372 g/mol. The molecule has 1 heterocycles. The Morgan fingerprint density at radius 3 is 2.89 bits per heavy atom. The van der Waals surface area contributed by atoms with Gasteiger partial charge in [-0.1, -0.05) is 29.2 Å². The van der Waals surface area contributed by atoms with E-state index < -0.39 is 5.91 Å². The molecule has 8 nitrogen and oxygen atoms in total. The van der Waals surface area contributed by atoms with Crippen molar-refractivity contribution in [2.24, 2.45) is 10.2 Å². The lowest BCUT2D eigenvalue weighted by Crippen LogP contribution is -2.20. The van der Waals surface area contributed by atoms with E-state index in [1.54, 1.807) is 6.92 Å². The molecule has 0 spiro atoms. The number of H-pyrrole nitrogens is 1. The van der Waals surface area contributed by atoms with Gasteiger partial charge in [-0.3, -0.25) is 4.79 Å². The highest BCUT2D eigenvalue weighted by Crippen LogP contribution is 2.25. The van der Waals surface area contributed by atoms with E-state index >= 15 is 0 Å². The highest BCUT2D eigenvalue weighted by Gasteiger charge is 2.14. The van der Waals surface area contributed by atoms with E-state index in [0.717, 1.165) is 16.6 Å². The first-order chi connectivity index (χ1) is 13.6. The van der Waals surface area contributed by atoms with Gasteiger partial charge in [0.2, 0.25) is 0 Å². The summed E-state index contributed by atoms with van der Waals surface area (Å²) < 4.78 is 5.39. The van der Waals surface area contributed by atoms with Gasteiger partial charge in [0, 0.05) is 21.5 Å². The van der Waals surface area contributed by atoms with Gasteiger partial charge in [0.25, 0.3) is 5.91 Å². The Kier molecular flexibility index (Phi) is 5.60. The third kappa shape index (κ3) is 4.12. The number of carbonyl (C=O) groups is 1. The predicted molar refractivity (Wildman–Crippen MR) is 108 cm³/mol. The zero-order valence-electron chi connectivity index (χ0n) is 15.0. The minimum Gasteiger partial charge on any atom is -0.480 e. The standard InChI is InChI=1S/C20H16N6O2/c1-3-10-28-19-9-8-15(24-26-21)12-16(19)20(27)25-23-13(2)18-11-14-6-4-5-7-17(14)22-18/h1,4-9,11-12,22H,10H2,2H3,(H,25,27)/b23-13+. The Morgan fingerprint density at radius 2 is 2.14 bits per heavy atom. The summed E-state index contributed by atoms with van der Waals surface area (Å²) in [6.45, 7) is 1.77. The number of rotatable bonds is 6. The predicted octanol–water partition coefficient (Wildman–Crippen LogP) is 4.28. The van der Waals surface area contributed by atoms with Crippen LogP contribution in [-0.2, 0) is 0 Å². The number of nitrogens with zero attached hydrogens (tertiary/aromatic N) is 4. The van der Waals surface area contributed by atoms with Crippen LogP contribution in [-0.4, -0.2) is 23.2 Å². The van der Waals surface area contributed by atoms with Crippen LogP contribution in [0.4, 0.5) is 5.69 Å². The van der Waals surface area contributed by atoms with Gasteiger partial charge in [-0.25, -0.2) is 5.43 Å². The van der Waals surface area contributed by atoms with Gasteiger partial charge in [0.1, 0.15) is 12.4 Å². The number of carbonyl (C=O) groups excluding carboxylic acids is 1. The summed E-state index contributed by atoms with van der Waals surface area (Å²) in [6, 6.07) is 14.2. The number of fused-ring (bicyclic) bond motifs is 1. The molecule has 28 heavy (non-hydrogen) atoms. The van der Waals surface area contributed by atoms with Gasteiger partial charge in [-0.15, -0.1) is 6.42 Å². The number of azide groups is 1. The molecule has 2 aromatic carbocycles. The summed E-state index contributed by atoms with van der Waals surface area (Å²) in [5.41, 5.74) is 13.9. The number of terminal acetylenes is 1. The van der Waals surface area contributed by atoms with E-state index in [2.05, 4.69) is 31.5 Å². The number of benzene rings is 2. The zero-order valence-corrected chi connectivity index (χ0v) is 15.0. The van der Waals surface area contributed by atoms with Gasteiger partial charge in [-0.2, -0.15) is 5.10 Å². The molecule has 3 aromatic rings. The fourth-order valence-corrected chi connectivity index (χ4v) is 2.58. The zero-order chi connectivity index (χ0) is 19.9. The molecule has 8 heteroatoms. The van der Waals surface area contributed by atoms with Crippen molar-refractivity contribution in [1.29, 1.82) is 0 Å². The van der Waals surface area contributed by atoms with Crippen LogP contribution in [0.15, 0.2) is 58.7 Å². The van der Waals surface area contributed by atoms with Crippen LogP contribution in [0.5, 0.6) is 5.75 Å². The minimum atomic E-state index is -0.516. The SMILES string of the molecule is C#CCOc1ccc(N=[N+]=[N-])cc1C(=O)N/N=C(\C)c1cc2ccccc2[nH]1. The number of hydrazone groups is 1. The topological polar surface area (TPSA) is 115 Å². The Morgan fingerprint density at radius 1 is 1.32 bits per heavy atom. The van der Waals surface area contributed by atoms with E-state index in [1.807, 2.05) is 30.3 Å². The first-order valence-corrected chi connectivity index (χ1v) is 8.30. The van der Waals surface area contributed by atoms with Crippen LogP contribution in [0, 0.1) is 12.3 Å². The molecular weight excluding hydrogens is 356 g/mol. The van der Waals surface area contributed by atoms with Gasteiger partial charge >= 0.3 is 0 Å². The van der Waals surface area contributed by atoms with Crippen molar-refractivity contribution in [1.82, 2.24) is 10.4 Å². The number of ether oxygens (including phenoxy) is 1. The number of para-hydroxylation sites is 1. The summed E-state index contributed by atoms with van der Waals surface area (Å²) in [6.07, 6.45) is 5.21. The monoisotopic (exact) mass is 372 g/mol. The lowest BCUT2D eigenvalue weighted by atomic mass is 10.1. The van der Waals surface area contributed by atoms with E-state index in [0.29, 0.717) is 5.71 Å². The minimum absolute atomic E-state index is 0.00148. The van der Waals surface area contributed by atoms with E-state index in [4.69, 9.17) is 16.7 Å². The second-order valence-corrected chi connectivity index (χ2v) is 5.77. The van der Waals surface area contributed by atoms with Crippen LogP contribution in [0.3, 0.4) is 0 Å². The number of hydrogen-bond acceptors (Lipinski definition) is 4. The Hall–Kier alpha value is -4.21. The summed E-state index contributed by atoms with van der Waals surface area (Å²) in [5, 5.41) is 8.70. The molecule has 1 amide bonds. The van der Waals surface area contributed by atoms with Gasteiger partial charge in [0.15, 0.2) is 0 Å². The number of nitrogens with one attached hydrogen (secondary N) is 2. The smallest absolute Gasteiger partial charge is 0.275 e. The van der Waals surface area contributed by atoms with Crippen LogP contribution in [0.25, 0.3) is 21.3 Å². The molecule has 0 fully saturated rings.